The van der Waals surface area contributed by atoms with Crippen molar-refractivity contribution in [2.45, 2.75) is 44.2 Å². The van der Waals surface area contributed by atoms with Gasteiger partial charge in [-0.25, -0.2) is 9.98 Å². The number of nitrogens with two attached hydrogens (primary N) is 1. The number of hydrogen-bond donors (Lipinski definition) is 1. The quantitative estimate of drug-likeness (QED) is 0.754. The first-order chi connectivity index (χ1) is 14.4. The van der Waals surface area contributed by atoms with E-state index in [0.717, 1.165) is 29.5 Å². The number of ether oxygens (including phenoxy) is 1. The van der Waals surface area contributed by atoms with Crippen LogP contribution in [0.2, 0.25) is 5.02 Å². The maximum atomic E-state index is 13.5. The molecule has 1 amide bonds. The number of pyridine rings is 1. The molecule has 0 radical (unpaired) electrons. The van der Waals surface area contributed by atoms with E-state index in [-0.39, 0.29) is 24.3 Å². The Morgan fingerprint density at radius 2 is 2.10 bits per heavy atom. The highest BCUT2D eigenvalue weighted by atomic mass is 35.5. The lowest BCUT2D eigenvalue weighted by molar-refractivity contribution is -0.132. The zero-order valence-electron chi connectivity index (χ0n) is 16.8. The topological polar surface area (TPSA) is 80.8 Å². The van der Waals surface area contributed by atoms with Crippen molar-refractivity contribution < 1.29 is 13.9 Å². The van der Waals surface area contributed by atoms with Crippen LogP contribution >= 0.6 is 11.6 Å². The molecule has 8 heteroatoms. The Morgan fingerprint density at radius 1 is 1.33 bits per heavy atom. The number of aromatic nitrogens is 1. The molecule has 158 valence electrons. The van der Waals surface area contributed by atoms with Crippen molar-refractivity contribution in [2.24, 2.45) is 10.7 Å². The first kappa shape index (κ1) is 20.8. The van der Waals surface area contributed by atoms with Crippen molar-refractivity contribution in [3.8, 4) is 0 Å². The summed E-state index contributed by atoms with van der Waals surface area (Å²) in [5.74, 6) is -0.372. The van der Waals surface area contributed by atoms with E-state index in [9.17, 15) is 9.18 Å². The summed E-state index contributed by atoms with van der Waals surface area (Å²) in [7, 11) is 0. The largest absolute Gasteiger partial charge is 0.381 e. The molecule has 0 unspecified atom stereocenters. The predicted molar refractivity (Wildman–Crippen MR) is 113 cm³/mol. The van der Waals surface area contributed by atoms with E-state index in [1.165, 1.54) is 12.3 Å². The van der Waals surface area contributed by atoms with Crippen molar-refractivity contribution >= 4 is 23.5 Å². The monoisotopic (exact) mass is 430 g/mol. The van der Waals surface area contributed by atoms with Gasteiger partial charge >= 0.3 is 0 Å². The van der Waals surface area contributed by atoms with Gasteiger partial charge in [0.15, 0.2) is 5.96 Å². The number of guanidine groups is 1. The van der Waals surface area contributed by atoms with Gasteiger partial charge < -0.3 is 10.5 Å². The van der Waals surface area contributed by atoms with Gasteiger partial charge in [0.25, 0.3) is 0 Å². The molecule has 2 aromatic rings. The van der Waals surface area contributed by atoms with Gasteiger partial charge in [-0.3, -0.25) is 9.69 Å². The van der Waals surface area contributed by atoms with E-state index >= 15 is 0 Å². The number of aliphatic imine (C=N–C) groups is 1. The summed E-state index contributed by atoms with van der Waals surface area (Å²) in [5.41, 5.74) is 7.73. The van der Waals surface area contributed by atoms with Crippen LogP contribution in [0.1, 0.15) is 42.9 Å². The van der Waals surface area contributed by atoms with Crippen LogP contribution in [0.15, 0.2) is 41.5 Å². The summed E-state index contributed by atoms with van der Waals surface area (Å²) in [6.45, 7) is 3.10. The van der Waals surface area contributed by atoms with E-state index < -0.39 is 11.5 Å². The number of rotatable bonds is 4. The minimum absolute atomic E-state index is 0.0166. The maximum absolute atomic E-state index is 13.5. The smallest absolute Gasteiger partial charge is 0.232 e. The zero-order chi connectivity index (χ0) is 21.3. The van der Waals surface area contributed by atoms with Crippen LogP contribution in [-0.2, 0) is 21.5 Å². The van der Waals surface area contributed by atoms with Crippen LogP contribution in [0.3, 0.4) is 0 Å². The van der Waals surface area contributed by atoms with Gasteiger partial charge in [-0.1, -0.05) is 29.8 Å². The molecular weight excluding hydrogens is 407 g/mol. The molecule has 4 rings (SSSR count). The fourth-order valence-corrected chi connectivity index (χ4v) is 4.64. The van der Waals surface area contributed by atoms with E-state index in [1.807, 2.05) is 25.1 Å². The Labute approximate surface area is 179 Å². The third-order valence-corrected chi connectivity index (χ3v) is 6.22. The van der Waals surface area contributed by atoms with Crippen molar-refractivity contribution in [3.05, 3.63) is 64.2 Å². The second-order valence-corrected chi connectivity index (χ2v) is 8.35. The first-order valence-corrected chi connectivity index (χ1v) is 10.4. The van der Waals surface area contributed by atoms with Gasteiger partial charge in [0.1, 0.15) is 0 Å². The molecule has 6 nitrogen and oxygen atoms in total. The van der Waals surface area contributed by atoms with Crippen molar-refractivity contribution in [1.82, 2.24) is 9.88 Å². The molecule has 0 aliphatic carbocycles. The molecule has 2 aliphatic rings. The van der Waals surface area contributed by atoms with Crippen LogP contribution < -0.4 is 5.73 Å². The molecular formula is C22H24ClFN4O2. The summed E-state index contributed by atoms with van der Waals surface area (Å²) in [4.78, 5) is 23.0. The lowest BCUT2D eigenvalue weighted by atomic mass is 9.85. The van der Waals surface area contributed by atoms with Gasteiger partial charge in [-0.15, -0.1) is 0 Å². The average molecular weight is 431 g/mol. The fourth-order valence-electron chi connectivity index (χ4n) is 4.25. The summed E-state index contributed by atoms with van der Waals surface area (Å²) < 4.78 is 18.8. The van der Waals surface area contributed by atoms with Gasteiger partial charge in [0.2, 0.25) is 11.9 Å². The molecule has 1 aromatic heterocycles. The Hall–Kier alpha value is -2.51. The third-order valence-electron chi connectivity index (χ3n) is 5.77. The first-order valence-electron chi connectivity index (χ1n) is 10.0. The number of nitrogens with zero attached hydrogens (tertiary/aromatic N) is 3. The molecule has 3 heterocycles. The van der Waals surface area contributed by atoms with Crippen molar-refractivity contribution in [2.75, 3.05) is 13.2 Å². The van der Waals surface area contributed by atoms with Crippen LogP contribution in [0.4, 0.5) is 4.39 Å². The van der Waals surface area contributed by atoms with Crippen LogP contribution in [-0.4, -0.2) is 41.0 Å². The maximum Gasteiger partial charge on any atom is 0.232 e. The molecule has 1 atom stereocenters. The summed E-state index contributed by atoms with van der Waals surface area (Å²) in [6.07, 6.45) is 3.55. The molecule has 0 saturated carbocycles. The molecule has 2 N–H and O–H groups in total. The van der Waals surface area contributed by atoms with Crippen molar-refractivity contribution in [1.29, 1.82) is 0 Å². The van der Waals surface area contributed by atoms with Gasteiger partial charge in [0.05, 0.1) is 12.0 Å². The normalized spacial score (nSPS) is 22.8. The molecule has 1 fully saturated rings. The van der Waals surface area contributed by atoms with Crippen LogP contribution in [0.25, 0.3) is 0 Å². The van der Waals surface area contributed by atoms with Gasteiger partial charge in [-0.05, 0) is 55.0 Å². The van der Waals surface area contributed by atoms with Gasteiger partial charge in [-0.2, -0.15) is 4.39 Å². The highest BCUT2D eigenvalue weighted by molar-refractivity contribution is 6.32. The molecule has 0 bridgehead atoms. The highest BCUT2D eigenvalue weighted by Gasteiger charge is 2.41. The molecule has 30 heavy (non-hydrogen) atoms. The average Bonchev–Trinajstić information content (AvgIpc) is 2.70. The van der Waals surface area contributed by atoms with Crippen LogP contribution in [0.5, 0.6) is 0 Å². The minimum Gasteiger partial charge on any atom is -0.381 e. The number of amides is 1. The summed E-state index contributed by atoms with van der Waals surface area (Å²) >= 11 is 6.74. The number of benzene rings is 1. The number of halogens is 2. The zero-order valence-corrected chi connectivity index (χ0v) is 17.5. The lowest BCUT2D eigenvalue weighted by Gasteiger charge is -2.40. The Bertz CT molecular complexity index is 993. The highest BCUT2D eigenvalue weighted by Crippen LogP contribution is 2.39. The Morgan fingerprint density at radius 3 is 2.80 bits per heavy atom. The van der Waals surface area contributed by atoms with Gasteiger partial charge in [0, 0.05) is 30.5 Å². The Kier molecular flexibility index (Phi) is 5.75. The SMILES string of the molecule is C[C@@]1(c2cccc(Cc3ccnc(F)c3)c2Cl)CC(=O)N(C2CCOCC2)C(N)=N1. The molecule has 0 spiro atoms. The molecule has 1 saturated heterocycles. The van der Waals surface area contributed by atoms with Crippen LogP contribution in [0, 0.1) is 5.95 Å². The Balaban J connectivity index is 1.65. The summed E-state index contributed by atoms with van der Waals surface area (Å²) in [5, 5.41) is 0.515. The molecule has 2 aliphatic heterocycles. The van der Waals surface area contributed by atoms with E-state index in [0.29, 0.717) is 24.7 Å². The van der Waals surface area contributed by atoms with Crippen molar-refractivity contribution in [3.63, 3.8) is 0 Å². The van der Waals surface area contributed by atoms with E-state index in [2.05, 4.69) is 4.98 Å². The number of carbonyl (C=O) groups is 1. The van der Waals surface area contributed by atoms with E-state index in [4.69, 9.17) is 27.1 Å². The predicted octanol–water partition coefficient (Wildman–Crippen LogP) is 3.41. The summed E-state index contributed by atoms with van der Waals surface area (Å²) in [6, 6.07) is 8.78. The van der Waals surface area contributed by atoms with E-state index in [1.54, 1.807) is 11.0 Å². The second-order valence-electron chi connectivity index (χ2n) is 7.97. The fraction of sp³-hybridized carbons (Fsp3) is 0.409. The minimum atomic E-state index is -0.862. The second kappa shape index (κ2) is 8.32. The lowest BCUT2D eigenvalue weighted by Crippen LogP contribution is -2.55. The third kappa shape index (κ3) is 4.04. The number of carbonyl (C=O) groups excluding carboxylic acids is 1. The molecule has 1 aromatic carbocycles. The standard InChI is InChI=1S/C22H24ClFN4O2/c1-22(13-19(29)28(21(25)27-22)16-6-9-30-10-7-16)17-4-2-3-15(20(17)23)11-14-5-8-26-18(24)12-14/h2-5,8,12,16H,6-7,9-11,13H2,1H3,(H2,25,27)/t22-/m0/s1. The number of hydrogen-bond acceptors (Lipinski definition) is 5.